The molecule has 32 heavy (non-hydrogen) atoms. The first-order valence-electron chi connectivity index (χ1n) is 9.71. The van der Waals surface area contributed by atoms with Gasteiger partial charge in [-0.05, 0) is 62.4 Å². The second-order valence-electron chi connectivity index (χ2n) is 6.41. The van der Waals surface area contributed by atoms with Crippen LogP contribution >= 0.6 is 0 Å². The van der Waals surface area contributed by atoms with Crippen LogP contribution in [-0.4, -0.2) is 30.1 Å². The third kappa shape index (κ3) is 5.82. The Bertz CT molecular complexity index is 1120. The lowest BCUT2D eigenvalue weighted by molar-refractivity contribution is -0.136. The van der Waals surface area contributed by atoms with Crippen molar-refractivity contribution in [2.24, 2.45) is 5.10 Å². The van der Waals surface area contributed by atoms with Gasteiger partial charge in [-0.15, -0.1) is 0 Å². The summed E-state index contributed by atoms with van der Waals surface area (Å²) < 4.78 is 15.7. The molecule has 0 saturated heterocycles. The fourth-order valence-corrected chi connectivity index (χ4v) is 2.63. The van der Waals surface area contributed by atoms with Crippen LogP contribution in [0.2, 0.25) is 0 Å². The fourth-order valence-electron chi connectivity index (χ4n) is 2.63. The second-order valence-corrected chi connectivity index (χ2v) is 6.41. The lowest BCUT2D eigenvalue weighted by Crippen LogP contribution is -2.33. The topological polar surface area (TPSA) is 119 Å². The smallest absolute Gasteiger partial charge is 0.379 e. The molecule has 2 amide bonds. The summed E-state index contributed by atoms with van der Waals surface area (Å²) in [6, 6.07) is 16.3. The molecule has 1 aromatic heterocycles. The summed E-state index contributed by atoms with van der Waals surface area (Å²) in [5.41, 5.74) is 3.42. The van der Waals surface area contributed by atoms with Crippen molar-refractivity contribution >= 4 is 29.2 Å². The molecule has 3 aromatic rings. The first-order valence-corrected chi connectivity index (χ1v) is 9.71. The number of anilines is 1. The van der Waals surface area contributed by atoms with E-state index in [0.29, 0.717) is 29.3 Å². The summed E-state index contributed by atoms with van der Waals surface area (Å²) in [5, 5.41) is 6.42. The van der Waals surface area contributed by atoms with Gasteiger partial charge in [-0.2, -0.15) is 5.10 Å². The maximum atomic E-state index is 12.2. The molecule has 2 N–H and O–H groups in total. The minimum atomic E-state index is -0.955. The Labute approximate surface area is 184 Å². The zero-order valence-corrected chi connectivity index (χ0v) is 17.5. The molecular weight excluding hydrogens is 414 g/mol. The maximum Gasteiger partial charge on any atom is 0.379 e. The zero-order chi connectivity index (χ0) is 22.9. The van der Waals surface area contributed by atoms with Crippen LogP contribution in [0.4, 0.5) is 5.69 Å². The predicted octanol–water partition coefficient (Wildman–Crippen LogP) is 3.38. The molecule has 3 rings (SSSR count). The zero-order valence-electron chi connectivity index (χ0n) is 17.5. The van der Waals surface area contributed by atoms with Crippen LogP contribution in [0, 0.1) is 0 Å². The monoisotopic (exact) mass is 435 g/mol. The first-order chi connectivity index (χ1) is 15.5. The molecule has 0 fully saturated rings. The average Bonchev–Trinajstić information content (AvgIpc) is 3.34. The minimum Gasteiger partial charge on any atom is -0.494 e. The number of ether oxygens (including phenoxy) is 2. The normalized spacial score (nSPS) is 10.9. The van der Waals surface area contributed by atoms with Crippen molar-refractivity contribution in [1.82, 2.24) is 5.43 Å². The van der Waals surface area contributed by atoms with E-state index in [9.17, 15) is 14.4 Å². The number of hydrogen-bond acceptors (Lipinski definition) is 7. The van der Waals surface area contributed by atoms with Crippen molar-refractivity contribution in [3.8, 4) is 11.5 Å². The number of rotatable bonds is 7. The SMILES string of the molecule is CCOc1ccc(NC(=O)C(=O)N/N=C(\C)c2ccccc2OC(=O)c2ccco2)cc1. The van der Waals surface area contributed by atoms with Gasteiger partial charge in [0.2, 0.25) is 5.76 Å². The molecule has 9 nitrogen and oxygen atoms in total. The van der Waals surface area contributed by atoms with Crippen molar-refractivity contribution in [2.75, 3.05) is 11.9 Å². The van der Waals surface area contributed by atoms with Crippen LogP contribution in [0.15, 0.2) is 76.4 Å². The molecule has 2 aromatic carbocycles. The quantitative estimate of drug-likeness (QED) is 0.193. The van der Waals surface area contributed by atoms with Gasteiger partial charge in [-0.25, -0.2) is 10.2 Å². The highest BCUT2D eigenvalue weighted by Gasteiger charge is 2.16. The highest BCUT2D eigenvalue weighted by Crippen LogP contribution is 2.20. The van der Waals surface area contributed by atoms with Crippen LogP contribution in [0.25, 0.3) is 0 Å². The van der Waals surface area contributed by atoms with Gasteiger partial charge in [0.05, 0.1) is 18.6 Å². The average molecular weight is 435 g/mol. The van der Waals surface area contributed by atoms with Gasteiger partial charge in [-0.1, -0.05) is 12.1 Å². The molecule has 9 heteroatoms. The van der Waals surface area contributed by atoms with E-state index in [4.69, 9.17) is 13.9 Å². The molecule has 0 bridgehead atoms. The molecule has 0 saturated carbocycles. The van der Waals surface area contributed by atoms with Crippen LogP contribution in [-0.2, 0) is 9.59 Å². The van der Waals surface area contributed by atoms with Crippen LogP contribution < -0.4 is 20.2 Å². The number of carbonyl (C=O) groups is 3. The molecule has 0 radical (unpaired) electrons. The Balaban J connectivity index is 1.63. The number of para-hydroxylation sites is 1. The number of hydrazone groups is 1. The van der Waals surface area contributed by atoms with E-state index in [1.165, 1.54) is 12.3 Å². The van der Waals surface area contributed by atoms with Gasteiger partial charge in [0.1, 0.15) is 11.5 Å². The number of nitrogens with one attached hydrogen (secondary N) is 2. The molecule has 0 aliphatic heterocycles. The highest BCUT2D eigenvalue weighted by atomic mass is 16.5. The summed E-state index contributed by atoms with van der Waals surface area (Å²) in [6.45, 7) is 3.99. The van der Waals surface area contributed by atoms with Crippen LogP contribution in [0.5, 0.6) is 11.5 Å². The van der Waals surface area contributed by atoms with Crippen LogP contribution in [0.1, 0.15) is 30.0 Å². The lowest BCUT2D eigenvalue weighted by atomic mass is 10.1. The summed E-state index contributed by atoms with van der Waals surface area (Å²) >= 11 is 0. The standard InChI is InChI=1S/C23H21N3O6/c1-3-30-17-12-10-16(11-13-17)24-21(27)22(28)26-25-15(2)18-7-4-5-8-19(18)32-23(29)20-9-6-14-31-20/h4-14H,3H2,1-2H3,(H,24,27)(H,26,28)/b25-15+. The molecule has 0 spiro atoms. The van der Waals surface area contributed by atoms with Crippen molar-refractivity contribution in [3.05, 3.63) is 78.3 Å². The molecule has 0 unspecified atom stereocenters. The summed E-state index contributed by atoms with van der Waals surface area (Å²) in [7, 11) is 0. The molecule has 0 aliphatic rings. The molecule has 1 heterocycles. The van der Waals surface area contributed by atoms with E-state index < -0.39 is 17.8 Å². The molecule has 0 atom stereocenters. The summed E-state index contributed by atoms with van der Waals surface area (Å²) in [4.78, 5) is 36.4. The van der Waals surface area contributed by atoms with E-state index in [1.807, 2.05) is 6.92 Å². The fraction of sp³-hybridized carbons (Fsp3) is 0.130. The molecule has 0 aliphatic carbocycles. The van der Waals surface area contributed by atoms with Crippen molar-refractivity contribution in [3.63, 3.8) is 0 Å². The third-order valence-electron chi connectivity index (χ3n) is 4.16. The number of hydrogen-bond donors (Lipinski definition) is 2. The highest BCUT2D eigenvalue weighted by molar-refractivity contribution is 6.39. The first kappa shape index (κ1) is 22.3. The van der Waals surface area contributed by atoms with Gasteiger partial charge in [-0.3, -0.25) is 9.59 Å². The van der Waals surface area contributed by atoms with E-state index in [2.05, 4.69) is 15.8 Å². The second kappa shape index (κ2) is 10.6. The number of benzene rings is 2. The number of esters is 1. The van der Waals surface area contributed by atoms with Crippen LogP contribution in [0.3, 0.4) is 0 Å². The Kier molecular flexibility index (Phi) is 7.37. The van der Waals surface area contributed by atoms with Crippen molar-refractivity contribution in [2.45, 2.75) is 13.8 Å². The lowest BCUT2D eigenvalue weighted by Gasteiger charge is -2.09. The van der Waals surface area contributed by atoms with Gasteiger partial charge >= 0.3 is 17.8 Å². The predicted molar refractivity (Wildman–Crippen MR) is 117 cm³/mol. The number of furan rings is 1. The van der Waals surface area contributed by atoms with Crippen molar-refractivity contribution in [1.29, 1.82) is 0 Å². The third-order valence-corrected chi connectivity index (χ3v) is 4.16. The maximum absolute atomic E-state index is 12.2. The minimum absolute atomic E-state index is 0.0497. The number of nitrogens with zero attached hydrogens (tertiary/aromatic N) is 1. The van der Waals surface area contributed by atoms with Gasteiger partial charge in [0, 0.05) is 11.3 Å². The Morgan fingerprint density at radius 2 is 1.72 bits per heavy atom. The summed E-state index contributed by atoms with van der Waals surface area (Å²) in [6.07, 6.45) is 1.36. The van der Waals surface area contributed by atoms with E-state index in [1.54, 1.807) is 61.5 Å². The summed E-state index contributed by atoms with van der Waals surface area (Å²) in [5.74, 6) is -1.58. The van der Waals surface area contributed by atoms with Gasteiger partial charge < -0.3 is 19.2 Å². The largest absolute Gasteiger partial charge is 0.494 e. The number of carbonyl (C=O) groups excluding carboxylic acids is 3. The van der Waals surface area contributed by atoms with E-state index in [0.717, 1.165) is 0 Å². The molecule has 164 valence electrons. The number of amides is 2. The van der Waals surface area contributed by atoms with Crippen molar-refractivity contribution < 1.29 is 28.3 Å². The Hall–Kier alpha value is -4.40. The van der Waals surface area contributed by atoms with Gasteiger partial charge in [0.25, 0.3) is 0 Å². The van der Waals surface area contributed by atoms with E-state index in [-0.39, 0.29) is 11.5 Å². The Morgan fingerprint density at radius 1 is 0.969 bits per heavy atom. The van der Waals surface area contributed by atoms with Gasteiger partial charge in [0.15, 0.2) is 0 Å². The molecular formula is C23H21N3O6. The van der Waals surface area contributed by atoms with E-state index >= 15 is 0 Å². The Morgan fingerprint density at radius 3 is 2.41 bits per heavy atom.